The van der Waals surface area contributed by atoms with E-state index in [0.717, 1.165) is 23.3 Å². The van der Waals surface area contributed by atoms with E-state index < -0.39 is 0 Å². The minimum atomic E-state index is 0.0465. The molecular formula is C15H20O3. The zero-order valence-electron chi connectivity index (χ0n) is 11.2. The summed E-state index contributed by atoms with van der Waals surface area (Å²) in [5.74, 6) is 1.09. The van der Waals surface area contributed by atoms with Gasteiger partial charge in [-0.1, -0.05) is 17.7 Å². The van der Waals surface area contributed by atoms with Crippen LogP contribution in [0.1, 0.15) is 24.5 Å². The van der Waals surface area contributed by atoms with Gasteiger partial charge in [-0.15, -0.1) is 0 Å². The molecule has 0 spiro atoms. The summed E-state index contributed by atoms with van der Waals surface area (Å²) in [6.07, 6.45) is 1.48. The molecule has 1 aromatic carbocycles. The number of hydrogen-bond donors (Lipinski definition) is 0. The van der Waals surface area contributed by atoms with E-state index in [1.54, 1.807) is 7.11 Å². The van der Waals surface area contributed by atoms with Crippen LogP contribution in [0.5, 0.6) is 5.75 Å². The van der Waals surface area contributed by atoms with Crippen molar-refractivity contribution >= 4 is 5.78 Å². The van der Waals surface area contributed by atoms with Gasteiger partial charge in [0, 0.05) is 17.9 Å². The molecule has 1 aliphatic heterocycles. The van der Waals surface area contributed by atoms with Gasteiger partial charge < -0.3 is 9.47 Å². The summed E-state index contributed by atoms with van der Waals surface area (Å²) in [5.41, 5.74) is 2.12. The lowest BCUT2D eigenvalue weighted by Gasteiger charge is -2.11. The molecule has 2 rings (SSSR count). The van der Waals surface area contributed by atoms with Crippen LogP contribution in [0.25, 0.3) is 0 Å². The highest BCUT2D eigenvalue weighted by Gasteiger charge is 2.28. The lowest BCUT2D eigenvalue weighted by atomic mass is 9.95. The summed E-state index contributed by atoms with van der Waals surface area (Å²) in [6.45, 7) is 4.60. The highest BCUT2D eigenvalue weighted by Crippen LogP contribution is 2.25. The number of carbonyl (C=O) groups excluding carboxylic acids is 1. The number of benzene rings is 1. The lowest BCUT2D eigenvalue weighted by molar-refractivity contribution is -0.122. The SMILES string of the molecule is COc1ccc(C)cc1CC(=O)C1COC(C)C1. The molecule has 0 bridgehead atoms. The summed E-state index contributed by atoms with van der Waals surface area (Å²) in [4.78, 5) is 12.2. The van der Waals surface area contributed by atoms with Gasteiger partial charge in [-0.3, -0.25) is 4.79 Å². The third-order valence-electron chi connectivity index (χ3n) is 3.45. The average molecular weight is 248 g/mol. The Morgan fingerprint density at radius 3 is 2.89 bits per heavy atom. The second-order valence-corrected chi connectivity index (χ2v) is 5.03. The maximum Gasteiger partial charge on any atom is 0.142 e. The van der Waals surface area contributed by atoms with Crippen molar-refractivity contribution in [1.82, 2.24) is 0 Å². The maximum absolute atomic E-state index is 12.2. The predicted octanol–water partition coefficient (Wildman–Crippen LogP) is 2.54. The number of methoxy groups -OCH3 is 1. The Labute approximate surface area is 108 Å². The topological polar surface area (TPSA) is 35.5 Å². The second-order valence-electron chi connectivity index (χ2n) is 5.03. The fraction of sp³-hybridized carbons (Fsp3) is 0.533. The quantitative estimate of drug-likeness (QED) is 0.821. The first-order valence-electron chi connectivity index (χ1n) is 6.38. The van der Waals surface area contributed by atoms with Crippen molar-refractivity contribution in [2.24, 2.45) is 5.92 Å². The Bertz CT molecular complexity index is 439. The molecular weight excluding hydrogens is 228 g/mol. The molecule has 2 atom stereocenters. The molecule has 0 amide bonds. The van der Waals surface area contributed by atoms with Crippen LogP contribution in [0.2, 0.25) is 0 Å². The minimum absolute atomic E-state index is 0.0465. The summed E-state index contributed by atoms with van der Waals surface area (Å²) in [5, 5.41) is 0. The first-order chi connectivity index (χ1) is 8.60. The van der Waals surface area contributed by atoms with E-state index in [-0.39, 0.29) is 17.8 Å². The molecule has 1 saturated heterocycles. The van der Waals surface area contributed by atoms with Crippen molar-refractivity contribution in [3.63, 3.8) is 0 Å². The number of hydrogen-bond acceptors (Lipinski definition) is 3. The fourth-order valence-electron chi connectivity index (χ4n) is 2.42. The third kappa shape index (κ3) is 2.91. The van der Waals surface area contributed by atoms with Gasteiger partial charge >= 0.3 is 0 Å². The van der Waals surface area contributed by atoms with Crippen LogP contribution in [0.15, 0.2) is 18.2 Å². The Kier molecular flexibility index (Phi) is 4.02. The highest BCUT2D eigenvalue weighted by atomic mass is 16.5. The largest absolute Gasteiger partial charge is 0.496 e. The minimum Gasteiger partial charge on any atom is -0.496 e. The van der Waals surface area contributed by atoms with Crippen molar-refractivity contribution in [1.29, 1.82) is 0 Å². The number of ether oxygens (including phenoxy) is 2. The summed E-state index contributed by atoms with van der Waals surface area (Å²) < 4.78 is 10.8. The normalized spacial score (nSPS) is 23.1. The first-order valence-corrected chi connectivity index (χ1v) is 6.38. The molecule has 98 valence electrons. The smallest absolute Gasteiger partial charge is 0.142 e. The Hall–Kier alpha value is -1.35. The third-order valence-corrected chi connectivity index (χ3v) is 3.45. The zero-order valence-corrected chi connectivity index (χ0v) is 11.2. The van der Waals surface area contributed by atoms with Gasteiger partial charge in [-0.25, -0.2) is 0 Å². The van der Waals surface area contributed by atoms with E-state index in [0.29, 0.717) is 13.0 Å². The van der Waals surface area contributed by atoms with E-state index in [9.17, 15) is 4.79 Å². The van der Waals surface area contributed by atoms with Gasteiger partial charge in [0.05, 0.1) is 19.8 Å². The van der Waals surface area contributed by atoms with Crippen molar-refractivity contribution < 1.29 is 14.3 Å². The molecule has 18 heavy (non-hydrogen) atoms. The molecule has 3 heteroatoms. The maximum atomic E-state index is 12.2. The van der Waals surface area contributed by atoms with Crippen LogP contribution in [0, 0.1) is 12.8 Å². The predicted molar refractivity (Wildman–Crippen MR) is 70.0 cm³/mol. The van der Waals surface area contributed by atoms with Gasteiger partial charge in [0.25, 0.3) is 0 Å². The molecule has 3 nitrogen and oxygen atoms in total. The Morgan fingerprint density at radius 1 is 1.50 bits per heavy atom. The van der Waals surface area contributed by atoms with E-state index in [4.69, 9.17) is 9.47 Å². The van der Waals surface area contributed by atoms with Gasteiger partial charge in [0.15, 0.2) is 0 Å². The molecule has 2 unspecified atom stereocenters. The molecule has 1 aromatic rings. The van der Waals surface area contributed by atoms with Crippen LogP contribution >= 0.6 is 0 Å². The molecule has 0 saturated carbocycles. The van der Waals surface area contributed by atoms with Crippen LogP contribution in [0.3, 0.4) is 0 Å². The van der Waals surface area contributed by atoms with Gasteiger partial charge in [0.2, 0.25) is 0 Å². The van der Waals surface area contributed by atoms with E-state index in [2.05, 4.69) is 0 Å². The van der Waals surface area contributed by atoms with E-state index in [1.807, 2.05) is 32.0 Å². The van der Waals surface area contributed by atoms with Crippen molar-refractivity contribution in [2.45, 2.75) is 32.8 Å². The standard InChI is InChI=1S/C15H20O3/c1-10-4-5-15(17-3)12(6-10)8-14(16)13-7-11(2)18-9-13/h4-6,11,13H,7-9H2,1-3H3. The summed E-state index contributed by atoms with van der Waals surface area (Å²) in [7, 11) is 1.64. The molecule has 1 fully saturated rings. The number of Topliss-reactive ketones (excluding diaryl/α,β-unsaturated/α-hetero) is 1. The van der Waals surface area contributed by atoms with Gasteiger partial charge in [-0.2, -0.15) is 0 Å². The van der Waals surface area contributed by atoms with Crippen LogP contribution in [-0.4, -0.2) is 25.6 Å². The zero-order chi connectivity index (χ0) is 13.1. The fourth-order valence-corrected chi connectivity index (χ4v) is 2.42. The van der Waals surface area contributed by atoms with Crippen molar-refractivity contribution in [3.8, 4) is 5.75 Å². The van der Waals surface area contributed by atoms with Crippen LogP contribution in [0.4, 0.5) is 0 Å². The first kappa shape index (κ1) is 13.1. The van der Waals surface area contributed by atoms with Crippen LogP contribution in [-0.2, 0) is 16.0 Å². The molecule has 0 radical (unpaired) electrons. The van der Waals surface area contributed by atoms with Crippen molar-refractivity contribution in [2.75, 3.05) is 13.7 Å². The number of aryl methyl sites for hydroxylation is 1. The average Bonchev–Trinajstić information content (AvgIpc) is 2.76. The summed E-state index contributed by atoms with van der Waals surface area (Å²) >= 11 is 0. The molecule has 1 heterocycles. The molecule has 0 aliphatic carbocycles. The van der Waals surface area contributed by atoms with Gasteiger partial charge in [-0.05, 0) is 26.3 Å². The molecule has 0 N–H and O–H groups in total. The van der Waals surface area contributed by atoms with E-state index >= 15 is 0 Å². The molecule has 1 aliphatic rings. The van der Waals surface area contributed by atoms with Crippen molar-refractivity contribution in [3.05, 3.63) is 29.3 Å². The Balaban J connectivity index is 2.09. The number of ketones is 1. The highest BCUT2D eigenvalue weighted by molar-refractivity contribution is 5.84. The van der Waals surface area contributed by atoms with Crippen LogP contribution < -0.4 is 4.74 Å². The number of carbonyl (C=O) groups is 1. The van der Waals surface area contributed by atoms with Gasteiger partial charge in [0.1, 0.15) is 11.5 Å². The monoisotopic (exact) mass is 248 g/mol. The summed E-state index contributed by atoms with van der Waals surface area (Å²) in [6, 6.07) is 5.94. The Morgan fingerprint density at radius 2 is 2.28 bits per heavy atom. The van der Waals surface area contributed by atoms with E-state index in [1.165, 1.54) is 0 Å². The lowest BCUT2D eigenvalue weighted by Crippen LogP contribution is -2.17. The second kappa shape index (κ2) is 5.53. The molecule has 0 aromatic heterocycles. The number of rotatable bonds is 4.